The number of benzene rings is 1. The van der Waals surface area contributed by atoms with Crippen LogP contribution in [0.4, 0.5) is 0 Å². The molecule has 130 valence electrons. The average Bonchev–Trinajstić information content (AvgIpc) is 2.60. The van der Waals surface area contributed by atoms with Gasteiger partial charge in [0.15, 0.2) is 5.96 Å². The quantitative estimate of drug-likeness (QED) is 0.412. The van der Waals surface area contributed by atoms with E-state index in [0.717, 1.165) is 35.9 Å². The highest BCUT2D eigenvalue weighted by atomic mass is 127. The highest BCUT2D eigenvalue weighted by Gasteiger charge is 2.02. The van der Waals surface area contributed by atoms with E-state index in [1.807, 2.05) is 25.1 Å². The van der Waals surface area contributed by atoms with Crippen LogP contribution in [0.2, 0.25) is 0 Å². The first-order chi connectivity index (χ1) is 11.2. The predicted octanol–water partition coefficient (Wildman–Crippen LogP) is 2.92. The molecule has 0 atom stereocenters. The van der Waals surface area contributed by atoms with E-state index in [9.17, 15) is 0 Å². The second kappa shape index (κ2) is 10.9. The van der Waals surface area contributed by atoms with Gasteiger partial charge < -0.3 is 15.4 Å². The molecular weight excluding hydrogens is 415 g/mol. The third-order valence-electron chi connectivity index (χ3n) is 3.57. The Balaban J connectivity index is 0.00000288. The van der Waals surface area contributed by atoms with Gasteiger partial charge in [0.05, 0.1) is 19.3 Å². The molecule has 1 aromatic carbocycles. The van der Waals surface area contributed by atoms with Crippen LogP contribution < -0.4 is 15.4 Å². The van der Waals surface area contributed by atoms with Crippen LogP contribution in [0.3, 0.4) is 0 Å². The molecule has 0 unspecified atom stereocenters. The average molecular weight is 440 g/mol. The third-order valence-corrected chi connectivity index (χ3v) is 3.57. The van der Waals surface area contributed by atoms with Gasteiger partial charge in [-0.3, -0.25) is 9.98 Å². The minimum Gasteiger partial charge on any atom is -0.496 e. The highest BCUT2D eigenvalue weighted by Crippen LogP contribution is 2.18. The first kappa shape index (κ1) is 20.2. The number of aliphatic imine (C=N–C) groups is 1. The smallest absolute Gasteiger partial charge is 0.191 e. The van der Waals surface area contributed by atoms with Gasteiger partial charge in [0.25, 0.3) is 0 Å². The van der Waals surface area contributed by atoms with Crippen LogP contribution >= 0.6 is 24.0 Å². The van der Waals surface area contributed by atoms with Gasteiger partial charge in [-0.2, -0.15) is 0 Å². The Kier molecular flexibility index (Phi) is 9.14. The molecule has 0 fully saturated rings. The van der Waals surface area contributed by atoms with Crippen LogP contribution in [-0.4, -0.2) is 31.6 Å². The molecule has 2 aromatic rings. The topological polar surface area (TPSA) is 58.5 Å². The summed E-state index contributed by atoms with van der Waals surface area (Å²) < 4.78 is 5.36. The van der Waals surface area contributed by atoms with E-state index in [2.05, 4.69) is 38.8 Å². The molecule has 0 aliphatic heterocycles. The summed E-state index contributed by atoms with van der Waals surface area (Å²) >= 11 is 0. The first-order valence-electron chi connectivity index (χ1n) is 7.71. The van der Waals surface area contributed by atoms with E-state index in [-0.39, 0.29) is 24.0 Å². The van der Waals surface area contributed by atoms with E-state index in [4.69, 9.17) is 4.74 Å². The Morgan fingerprint density at radius 3 is 2.71 bits per heavy atom. The van der Waals surface area contributed by atoms with Crippen LogP contribution in [0.25, 0.3) is 0 Å². The number of guanidine groups is 1. The first-order valence-corrected chi connectivity index (χ1v) is 7.71. The Bertz CT molecular complexity index is 647. The van der Waals surface area contributed by atoms with Crippen molar-refractivity contribution in [3.05, 3.63) is 59.4 Å². The van der Waals surface area contributed by atoms with E-state index in [1.54, 1.807) is 20.4 Å². The zero-order valence-electron chi connectivity index (χ0n) is 14.4. The van der Waals surface area contributed by atoms with Crippen LogP contribution in [0.5, 0.6) is 5.75 Å². The fourth-order valence-corrected chi connectivity index (χ4v) is 2.24. The molecule has 2 N–H and O–H groups in total. The second-order valence-electron chi connectivity index (χ2n) is 5.23. The summed E-state index contributed by atoms with van der Waals surface area (Å²) in [5, 5.41) is 6.57. The number of hydrogen-bond donors (Lipinski definition) is 2. The number of methoxy groups -OCH3 is 1. The van der Waals surface area contributed by atoms with Crippen LogP contribution in [0.1, 0.15) is 16.8 Å². The van der Waals surface area contributed by atoms with Crippen LogP contribution in [-0.2, 0) is 13.0 Å². The van der Waals surface area contributed by atoms with Crippen molar-refractivity contribution in [2.24, 2.45) is 4.99 Å². The molecule has 6 heteroatoms. The number of ether oxygens (including phenoxy) is 1. The third kappa shape index (κ3) is 6.35. The monoisotopic (exact) mass is 440 g/mol. The molecule has 0 spiro atoms. The molecule has 0 radical (unpaired) electrons. The van der Waals surface area contributed by atoms with Crippen molar-refractivity contribution in [2.75, 3.05) is 20.7 Å². The maximum Gasteiger partial charge on any atom is 0.191 e. The van der Waals surface area contributed by atoms with Gasteiger partial charge in [-0.15, -0.1) is 24.0 Å². The molecule has 0 aliphatic rings. The molecule has 2 rings (SSSR count). The minimum atomic E-state index is 0. The van der Waals surface area contributed by atoms with Crippen molar-refractivity contribution in [2.45, 2.75) is 19.9 Å². The van der Waals surface area contributed by atoms with Gasteiger partial charge in [0.2, 0.25) is 0 Å². The number of nitrogens with zero attached hydrogens (tertiary/aromatic N) is 2. The summed E-state index contributed by atoms with van der Waals surface area (Å²) in [4.78, 5) is 8.51. The van der Waals surface area contributed by atoms with E-state index in [0.29, 0.717) is 6.54 Å². The molecule has 1 aromatic heterocycles. The van der Waals surface area contributed by atoms with Crippen molar-refractivity contribution < 1.29 is 4.74 Å². The zero-order valence-corrected chi connectivity index (χ0v) is 16.7. The van der Waals surface area contributed by atoms with E-state index in [1.165, 1.54) is 5.56 Å². The summed E-state index contributed by atoms with van der Waals surface area (Å²) in [6, 6.07) is 12.2. The standard InChI is InChI=1S/C18H24N4O.HI/c1-14-7-8-15(12-17(14)23-3)9-11-21-18(19-2)22-13-16-6-4-5-10-20-16;/h4-8,10,12H,9,11,13H2,1-3H3,(H2,19,21,22);1H. The van der Waals surface area contributed by atoms with Crippen LogP contribution in [0.15, 0.2) is 47.6 Å². The fourth-order valence-electron chi connectivity index (χ4n) is 2.24. The Labute approximate surface area is 161 Å². The fraction of sp³-hybridized carbons (Fsp3) is 0.333. The van der Waals surface area contributed by atoms with Gasteiger partial charge in [-0.25, -0.2) is 0 Å². The summed E-state index contributed by atoms with van der Waals surface area (Å²) in [5.74, 6) is 1.70. The van der Waals surface area contributed by atoms with Crippen molar-refractivity contribution in [1.29, 1.82) is 0 Å². The highest BCUT2D eigenvalue weighted by molar-refractivity contribution is 14.0. The molecule has 0 saturated heterocycles. The number of pyridine rings is 1. The molecule has 0 bridgehead atoms. The number of aryl methyl sites for hydroxylation is 1. The lowest BCUT2D eigenvalue weighted by Gasteiger charge is -2.12. The minimum absolute atomic E-state index is 0. The molecule has 0 aliphatic carbocycles. The van der Waals surface area contributed by atoms with Crippen molar-refractivity contribution >= 4 is 29.9 Å². The molecule has 5 nitrogen and oxygen atoms in total. The maximum atomic E-state index is 5.36. The summed E-state index contributed by atoms with van der Waals surface area (Å²) in [6.45, 7) is 3.50. The van der Waals surface area contributed by atoms with Crippen LogP contribution in [0, 0.1) is 6.92 Å². The Morgan fingerprint density at radius 1 is 1.21 bits per heavy atom. The van der Waals surface area contributed by atoms with Gasteiger partial charge in [0, 0.05) is 19.8 Å². The number of hydrogen-bond acceptors (Lipinski definition) is 3. The summed E-state index contributed by atoms with van der Waals surface area (Å²) in [5.41, 5.74) is 3.37. The SMILES string of the molecule is CN=C(NCCc1ccc(C)c(OC)c1)NCc1ccccn1.I. The molecule has 24 heavy (non-hydrogen) atoms. The molecule has 0 saturated carbocycles. The molecule has 0 amide bonds. The number of rotatable bonds is 6. The summed E-state index contributed by atoms with van der Waals surface area (Å²) in [7, 11) is 3.47. The van der Waals surface area contributed by atoms with Crippen molar-refractivity contribution in [3.63, 3.8) is 0 Å². The lowest BCUT2D eigenvalue weighted by atomic mass is 10.1. The zero-order chi connectivity index (χ0) is 16.5. The Morgan fingerprint density at radius 2 is 2.04 bits per heavy atom. The second-order valence-corrected chi connectivity index (χ2v) is 5.23. The maximum absolute atomic E-state index is 5.36. The van der Waals surface area contributed by atoms with Crippen molar-refractivity contribution in [1.82, 2.24) is 15.6 Å². The number of aromatic nitrogens is 1. The lowest BCUT2D eigenvalue weighted by molar-refractivity contribution is 0.411. The van der Waals surface area contributed by atoms with Gasteiger partial charge in [-0.1, -0.05) is 18.2 Å². The van der Waals surface area contributed by atoms with Crippen molar-refractivity contribution in [3.8, 4) is 5.75 Å². The van der Waals surface area contributed by atoms with Gasteiger partial charge in [0.1, 0.15) is 5.75 Å². The van der Waals surface area contributed by atoms with Gasteiger partial charge >= 0.3 is 0 Å². The van der Waals surface area contributed by atoms with E-state index < -0.39 is 0 Å². The van der Waals surface area contributed by atoms with E-state index >= 15 is 0 Å². The molecule has 1 heterocycles. The van der Waals surface area contributed by atoms with Gasteiger partial charge in [-0.05, 0) is 42.7 Å². The largest absolute Gasteiger partial charge is 0.496 e. The normalized spacial score (nSPS) is 10.7. The lowest BCUT2D eigenvalue weighted by Crippen LogP contribution is -2.38. The predicted molar refractivity (Wildman–Crippen MR) is 109 cm³/mol. The number of nitrogens with one attached hydrogen (secondary N) is 2. The summed E-state index contributed by atoms with van der Waals surface area (Å²) in [6.07, 6.45) is 2.69. The Hall–Kier alpha value is -1.83. The molecular formula is C18H25IN4O. The number of halogens is 1.